The van der Waals surface area contributed by atoms with E-state index in [1.54, 1.807) is 12.3 Å². The molecule has 8 nitrogen and oxygen atoms in total. The molecular weight excluding hydrogens is 412 g/mol. The minimum absolute atomic E-state index is 0.163. The predicted octanol–water partition coefficient (Wildman–Crippen LogP) is 1.89. The molecule has 0 spiro atoms. The van der Waals surface area contributed by atoms with Gasteiger partial charge in [0.25, 0.3) is 11.5 Å². The lowest BCUT2D eigenvalue weighted by molar-refractivity contribution is -0.140. The van der Waals surface area contributed by atoms with E-state index in [-0.39, 0.29) is 14.8 Å². The SMILES string of the molecule is Cc1ccc2nc(N3CCCC3)c(/C=C3/SC(=S)N(CC(=O)O)C3=O)c(=O)n2c1. The van der Waals surface area contributed by atoms with Gasteiger partial charge in [0.05, 0.1) is 10.5 Å². The molecule has 10 heteroatoms. The number of aliphatic carboxylic acids is 1. The molecule has 29 heavy (non-hydrogen) atoms. The highest BCUT2D eigenvalue weighted by atomic mass is 32.2. The molecule has 2 fully saturated rings. The smallest absolute Gasteiger partial charge is 0.323 e. The standard InChI is InChI=1S/C19H18N4O4S2/c1-11-4-5-14-20-16(21-6-2-3-7-21)12(17(26)22(14)9-11)8-13-18(27)23(10-15(24)25)19(28)29-13/h4-5,8-9H,2-3,6-7,10H2,1H3,(H,24,25)/b13-8+. The molecule has 2 aliphatic heterocycles. The highest BCUT2D eigenvalue weighted by molar-refractivity contribution is 8.26. The van der Waals surface area contributed by atoms with E-state index in [9.17, 15) is 14.4 Å². The highest BCUT2D eigenvalue weighted by Crippen LogP contribution is 2.33. The number of thiocarbonyl (C=S) groups is 1. The molecule has 4 heterocycles. The first-order valence-corrected chi connectivity index (χ1v) is 10.3. The molecule has 0 radical (unpaired) electrons. The highest BCUT2D eigenvalue weighted by Gasteiger charge is 2.34. The zero-order valence-corrected chi connectivity index (χ0v) is 17.3. The van der Waals surface area contributed by atoms with E-state index >= 15 is 0 Å². The van der Waals surface area contributed by atoms with E-state index < -0.39 is 18.4 Å². The predicted molar refractivity (Wildman–Crippen MR) is 115 cm³/mol. The Balaban J connectivity index is 1.87. The number of anilines is 1. The molecule has 1 amide bonds. The molecule has 150 valence electrons. The average molecular weight is 431 g/mol. The molecule has 2 aromatic heterocycles. The summed E-state index contributed by atoms with van der Waals surface area (Å²) in [5.74, 6) is -1.12. The van der Waals surface area contributed by atoms with Crippen LogP contribution in [0.25, 0.3) is 11.7 Å². The Hall–Kier alpha value is -2.72. The Labute approximate surface area is 175 Å². The molecule has 1 N–H and O–H groups in total. The van der Waals surface area contributed by atoms with E-state index in [1.807, 2.05) is 17.9 Å². The van der Waals surface area contributed by atoms with Crippen molar-refractivity contribution in [3.63, 3.8) is 0 Å². The number of fused-ring (bicyclic) bond motifs is 1. The van der Waals surface area contributed by atoms with E-state index in [1.165, 1.54) is 10.5 Å². The summed E-state index contributed by atoms with van der Waals surface area (Å²) in [5.41, 5.74) is 1.49. The molecule has 0 atom stereocenters. The van der Waals surface area contributed by atoms with Crippen LogP contribution in [0.3, 0.4) is 0 Å². The minimum Gasteiger partial charge on any atom is -0.480 e. The molecule has 0 saturated carbocycles. The van der Waals surface area contributed by atoms with Crippen LogP contribution in [-0.2, 0) is 9.59 Å². The van der Waals surface area contributed by atoms with Gasteiger partial charge in [-0.15, -0.1) is 0 Å². The summed E-state index contributed by atoms with van der Waals surface area (Å²) >= 11 is 6.15. The first-order valence-electron chi connectivity index (χ1n) is 9.10. The average Bonchev–Trinajstić information content (AvgIpc) is 3.29. The molecule has 2 aliphatic rings. The first kappa shape index (κ1) is 19.6. The molecular formula is C19H18N4O4S2. The van der Waals surface area contributed by atoms with Gasteiger partial charge in [0.2, 0.25) is 0 Å². The molecule has 2 saturated heterocycles. The Morgan fingerprint density at radius 3 is 2.72 bits per heavy atom. The van der Waals surface area contributed by atoms with E-state index in [2.05, 4.69) is 0 Å². The number of aryl methyl sites for hydroxylation is 1. The number of carbonyl (C=O) groups is 2. The number of carboxylic acids is 1. The number of hydrogen-bond donors (Lipinski definition) is 1. The van der Waals surface area contributed by atoms with Crippen LogP contribution in [0.15, 0.2) is 28.0 Å². The van der Waals surface area contributed by atoms with Gasteiger partial charge >= 0.3 is 5.97 Å². The van der Waals surface area contributed by atoms with E-state index in [4.69, 9.17) is 22.3 Å². The fourth-order valence-electron chi connectivity index (χ4n) is 3.45. The Morgan fingerprint density at radius 1 is 1.31 bits per heavy atom. The van der Waals surface area contributed by atoms with Crippen LogP contribution in [0.5, 0.6) is 0 Å². The topological polar surface area (TPSA) is 95.2 Å². The largest absolute Gasteiger partial charge is 0.480 e. The second kappa shape index (κ2) is 7.60. The maximum Gasteiger partial charge on any atom is 0.323 e. The van der Waals surface area contributed by atoms with Crippen molar-refractivity contribution in [1.29, 1.82) is 0 Å². The van der Waals surface area contributed by atoms with Crippen molar-refractivity contribution in [1.82, 2.24) is 14.3 Å². The number of pyridine rings is 1. The molecule has 0 bridgehead atoms. The number of aromatic nitrogens is 2. The second-order valence-electron chi connectivity index (χ2n) is 6.94. The third-order valence-electron chi connectivity index (χ3n) is 4.83. The van der Waals surface area contributed by atoms with Gasteiger partial charge in [-0.05, 0) is 37.5 Å². The Morgan fingerprint density at radius 2 is 2.03 bits per heavy atom. The number of hydrogen-bond acceptors (Lipinski definition) is 7. The number of amides is 1. The summed E-state index contributed by atoms with van der Waals surface area (Å²) < 4.78 is 1.63. The van der Waals surface area contributed by atoms with Crippen LogP contribution in [0, 0.1) is 6.92 Å². The van der Waals surface area contributed by atoms with Crippen LogP contribution < -0.4 is 10.5 Å². The van der Waals surface area contributed by atoms with Crippen molar-refractivity contribution >= 4 is 57.7 Å². The summed E-state index contributed by atoms with van der Waals surface area (Å²) in [6.45, 7) is 2.96. The van der Waals surface area contributed by atoms with Gasteiger partial charge in [-0.3, -0.25) is 23.7 Å². The second-order valence-corrected chi connectivity index (χ2v) is 8.62. The lowest BCUT2D eigenvalue weighted by atomic mass is 10.2. The Kier molecular flexibility index (Phi) is 5.13. The zero-order valence-electron chi connectivity index (χ0n) is 15.6. The summed E-state index contributed by atoms with van der Waals surface area (Å²) in [5, 5.41) is 9.01. The third kappa shape index (κ3) is 3.65. The fourth-order valence-corrected chi connectivity index (χ4v) is 4.68. The van der Waals surface area contributed by atoms with Crippen molar-refractivity contribution in [2.24, 2.45) is 0 Å². The molecule has 4 rings (SSSR count). The van der Waals surface area contributed by atoms with Gasteiger partial charge in [0.1, 0.15) is 22.3 Å². The summed E-state index contributed by atoms with van der Waals surface area (Å²) in [6.07, 6.45) is 5.23. The van der Waals surface area contributed by atoms with Crippen LogP contribution in [0.4, 0.5) is 5.82 Å². The van der Waals surface area contributed by atoms with Crippen molar-refractivity contribution in [3.8, 4) is 0 Å². The summed E-state index contributed by atoms with van der Waals surface area (Å²) in [7, 11) is 0. The molecule has 0 aromatic carbocycles. The molecule has 0 unspecified atom stereocenters. The number of carboxylic acid groups (broad SMARTS) is 1. The van der Waals surface area contributed by atoms with Crippen molar-refractivity contribution < 1.29 is 14.7 Å². The first-order chi connectivity index (χ1) is 13.8. The maximum atomic E-state index is 13.3. The van der Waals surface area contributed by atoms with Gasteiger partial charge in [-0.25, -0.2) is 4.98 Å². The summed E-state index contributed by atoms with van der Waals surface area (Å²) in [6, 6.07) is 3.69. The van der Waals surface area contributed by atoms with Crippen LogP contribution in [-0.4, -0.2) is 55.2 Å². The van der Waals surface area contributed by atoms with E-state index in [0.29, 0.717) is 17.0 Å². The van der Waals surface area contributed by atoms with Crippen LogP contribution in [0.1, 0.15) is 24.0 Å². The maximum absolute atomic E-state index is 13.3. The van der Waals surface area contributed by atoms with Gasteiger partial charge in [0.15, 0.2) is 0 Å². The number of thioether (sulfide) groups is 1. The monoisotopic (exact) mass is 430 g/mol. The van der Waals surface area contributed by atoms with Crippen LogP contribution >= 0.6 is 24.0 Å². The number of nitrogens with zero attached hydrogens (tertiary/aromatic N) is 4. The fraction of sp³-hybridized carbons (Fsp3) is 0.316. The van der Waals surface area contributed by atoms with Gasteiger partial charge in [0, 0.05) is 19.3 Å². The van der Waals surface area contributed by atoms with Crippen molar-refractivity contribution in [2.45, 2.75) is 19.8 Å². The van der Waals surface area contributed by atoms with Gasteiger partial charge < -0.3 is 10.0 Å². The van der Waals surface area contributed by atoms with Crippen molar-refractivity contribution in [3.05, 3.63) is 44.7 Å². The van der Waals surface area contributed by atoms with Crippen molar-refractivity contribution in [2.75, 3.05) is 24.5 Å². The summed E-state index contributed by atoms with van der Waals surface area (Å²) in [4.78, 5) is 45.0. The Bertz CT molecular complexity index is 1130. The van der Waals surface area contributed by atoms with Gasteiger partial charge in [-0.1, -0.05) is 30.0 Å². The number of rotatable bonds is 4. The lowest BCUT2D eigenvalue weighted by Gasteiger charge is -2.19. The number of carbonyl (C=O) groups excluding carboxylic acids is 1. The normalized spacial score (nSPS) is 18.4. The van der Waals surface area contributed by atoms with Crippen LogP contribution in [0.2, 0.25) is 0 Å². The van der Waals surface area contributed by atoms with Gasteiger partial charge in [-0.2, -0.15) is 0 Å². The lowest BCUT2D eigenvalue weighted by Crippen LogP contribution is -2.33. The van der Waals surface area contributed by atoms with E-state index in [0.717, 1.165) is 48.2 Å². The quantitative estimate of drug-likeness (QED) is 0.580. The zero-order chi connectivity index (χ0) is 20.7. The minimum atomic E-state index is -1.15. The molecule has 2 aromatic rings. The third-order valence-corrected chi connectivity index (χ3v) is 6.21. The molecule has 0 aliphatic carbocycles.